The maximum atomic E-state index is 12.8. The van der Waals surface area contributed by atoms with E-state index in [1.807, 2.05) is 0 Å². The molecular weight excluding hydrogens is 313 g/mol. The van der Waals surface area contributed by atoms with Crippen LogP contribution in [0.15, 0.2) is 64.3 Å². The summed E-state index contributed by atoms with van der Waals surface area (Å²) in [6.07, 6.45) is 1.45. The van der Waals surface area contributed by atoms with Gasteiger partial charge in [-0.25, -0.2) is 4.39 Å². The van der Waals surface area contributed by atoms with Crippen LogP contribution in [0.3, 0.4) is 0 Å². The van der Waals surface area contributed by atoms with Gasteiger partial charge in [0.05, 0.1) is 0 Å². The highest BCUT2D eigenvalue weighted by Crippen LogP contribution is 2.11. The van der Waals surface area contributed by atoms with Crippen LogP contribution in [0.5, 0.6) is 5.75 Å². The topological polar surface area (TPSA) is 90.1 Å². The quantitative estimate of drug-likeness (QED) is 0.765. The number of nitrogen functional groups attached to an aromatic ring is 1. The van der Waals surface area contributed by atoms with Crippen molar-refractivity contribution >= 4 is 5.82 Å². The van der Waals surface area contributed by atoms with Gasteiger partial charge in [-0.05, 0) is 35.9 Å². The normalized spacial score (nSPS) is 10.5. The molecule has 1 aromatic carbocycles. The predicted molar refractivity (Wildman–Crippen MR) is 87.8 cm³/mol. The van der Waals surface area contributed by atoms with Crippen LogP contribution in [-0.2, 0) is 6.61 Å². The molecule has 3 rings (SSSR count). The van der Waals surface area contributed by atoms with Crippen molar-refractivity contribution in [1.29, 1.82) is 0 Å². The Hall–Kier alpha value is -3.35. The minimum Gasteiger partial charge on any atom is -0.489 e. The van der Waals surface area contributed by atoms with Gasteiger partial charge in [-0.2, -0.15) is 0 Å². The highest BCUT2D eigenvalue weighted by molar-refractivity contribution is 5.38. The summed E-state index contributed by atoms with van der Waals surface area (Å²) in [6, 6.07) is 11.7. The fraction of sp³-hybridized carbons (Fsp3) is 0.0588. The molecule has 0 aliphatic heterocycles. The molecule has 2 aromatic heterocycles. The largest absolute Gasteiger partial charge is 0.489 e. The number of halogens is 1. The number of hydrogen-bond acceptors (Lipinski definition) is 4. The van der Waals surface area contributed by atoms with Gasteiger partial charge in [0.2, 0.25) is 0 Å². The van der Waals surface area contributed by atoms with E-state index < -0.39 is 11.1 Å². The number of hydrogen-bond donors (Lipinski definition) is 2. The predicted octanol–water partition coefficient (Wildman–Crippen LogP) is 1.83. The summed E-state index contributed by atoms with van der Waals surface area (Å²) in [4.78, 5) is 26.5. The first kappa shape index (κ1) is 15.5. The Bertz CT molecular complexity index is 977. The van der Waals surface area contributed by atoms with Gasteiger partial charge < -0.3 is 15.5 Å². The SMILES string of the molecule is Nc1ccc(-n2ccc(OCc3ccc(F)cc3)cc2=O)c(=O)[nH]1. The summed E-state index contributed by atoms with van der Waals surface area (Å²) in [5.74, 6) is 0.249. The van der Waals surface area contributed by atoms with Crippen LogP contribution in [0.25, 0.3) is 5.69 Å². The third-order valence-electron chi connectivity index (χ3n) is 3.38. The second-order valence-electron chi connectivity index (χ2n) is 5.11. The molecule has 0 aliphatic rings. The molecule has 0 saturated heterocycles. The van der Waals surface area contributed by atoms with E-state index in [9.17, 15) is 14.0 Å². The molecule has 3 N–H and O–H groups in total. The summed E-state index contributed by atoms with van der Waals surface area (Å²) in [6.45, 7) is 0.201. The first-order chi connectivity index (χ1) is 11.5. The van der Waals surface area contributed by atoms with Crippen molar-refractivity contribution in [3.8, 4) is 11.4 Å². The monoisotopic (exact) mass is 327 g/mol. The van der Waals surface area contributed by atoms with Crippen molar-refractivity contribution < 1.29 is 9.13 Å². The van der Waals surface area contributed by atoms with E-state index in [2.05, 4.69) is 4.98 Å². The van der Waals surface area contributed by atoms with E-state index in [1.165, 1.54) is 41.1 Å². The fourth-order valence-corrected chi connectivity index (χ4v) is 2.17. The lowest BCUT2D eigenvalue weighted by molar-refractivity contribution is 0.305. The van der Waals surface area contributed by atoms with Gasteiger partial charge in [-0.1, -0.05) is 12.1 Å². The first-order valence-electron chi connectivity index (χ1n) is 7.12. The van der Waals surface area contributed by atoms with Crippen LogP contribution in [-0.4, -0.2) is 9.55 Å². The van der Waals surface area contributed by atoms with Crippen LogP contribution in [0.2, 0.25) is 0 Å². The maximum absolute atomic E-state index is 12.8. The van der Waals surface area contributed by atoms with Crippen LogP contribution in [0, 0.1) is 5.82 Å². The minimum atomic E-state index is -0.461. The molecular formula is C17H14FN3O3. The maximum Gasteiger partial charge on any atom is 0.273 e. The Morgan fingerprint density at radius 1 is 1.08 bits per heavy atom. The summed E-state index contributed by atoms with van der Waals surface area (Å²) in [5.41, 5.74) is 5.55. The Labute approximate surface area is 136 Å². The van der Waals surface area contributed by atoms with Gasteiger partial charge in [-0.15, -0.1) is 0 Å². The number of aromatic amines is 1. The Morgan fingerprint density at radius 2 is 1.83 bits per heavy atom. The van der Waals surface area contributed by atoms with Gasteiger partial charge in [0.25, 0.3) is 11.1 Å². The van der Waals surface area contributed by atoms with E-state index >= 15 is 0 Å². The van der Waals surface area contributed by atoms with Gasteiger partial charge in [-0.3, -0.25) is 14.2 Å². The van der Waals surface area contributed by atoms with Gasteiger partial charge in [0.15, 0.2) is 0 Å². The molecule has 0 aliphatic carbocycles. The Morgan fingerprint density at radius 3 is 2.50 bits per heavy atom. The first-order valence-corrected chi connectivity index (χ1v) is 7.12. The van der Waals surface area contributed by atoms with Crippen molar-refractivity contribution in [3.05, 3.63) is 86.8 Å². The average Bonchev–Trinajstić information content (AvgIpc) is 2.55. The zero-order valence-electron chi connectivity index (χ0n) is 12.5. The molecule has 0 fully saturated rings. The molecule has 7 heteroatoms. The van der Waals surface area contributed by atoms with Gasteiger partial charge in [0.1, 0.15) is 29.7 Å². The molecule has 3 aromatic rings. The van der Waals surface area contributed by atoms with E-state index in [4.69, 9.17) is 10.5 Å². The highest BCUT2D eigenvalue weighted by Gasteiger charge is 2.06. The molecule has 0 atom stereocenters. The lowest BCUT2D eigenvalue weighted by atomic mass is 10.2. The van der Waals surface area contributed by atoms with Crippen molar-refractivity contribution in [2.75, 3.05) is 5.73 Å². The van der Waals surface area contributed by atoms with E-state index in [-0.39, 0.29) is 23.9 Å². The highest BCUT2D eigenvalue weighted by atomic mass is 19.1. The number of H-pyrrole nitrogens is 1. The van der Waals surface area contributed by atoms with Crippen LogP contribution >= 0.6 is 0 Å². The second kappa shape index (κ2) is 6.41. The number of rotatable bonds is 4. The van der Waals surface area contributed by atoms with E-state index in [0.717, 1.165) is 5.56 Å². The van der Waals surface area contributed by atoms with Crippen molar-refractivity contribution in [2.24, 2.45) is 0 Å². The van der Waals surface area contributed by atoms with Crippen LogP contribution < -0.4 is 21.6 Å². The van der Waals surface area contributed by atoms with E-state index in [0.29, 0.717) is 5.75 Å². The summed E-state index contributed by atoms with van der Waals surface area (Å²) in [7, 11) is 0. The van der Waals surface area contributed by atoms with Crippen molar-refractivity contribution in [1.82, 2.24) is 9.55 Å². The summed E-state index contributed by atoms with van der Waals surface area (Å²) < 4.78 is 19.6. The second-order valence-corrected chi connectivity index (χ2v) is 5.11. The van der Waals surface area contributed by atoms with E-state index in [1.54, 1.807) is 18.2 Å². The minimum absolute atomic E-state index is 0.166. The van der Waals surface area contributed by atoms with Crippen molar-refractivity contribution in [3.63, 3.8) is 0 Å². The molecule has 0 saturated carbocycles. The van der Waals surface area contributed by atoms with Gasteiger partial charge in [0, 0.05) is 12.3 Å². The number of nitrogens with zero attached hydrogens (tertiary/aromatic N) is 1. The number of benzene rings is 1. The summed E-state index contributed by atoms with van der Waals surface area (Å²) in [5, 5.41) is 0. The lowest BCUT2D eigenvalue weighted by Crippen LogP contribution is -2.24. The van der Waals surface area contributed by atoms with Crippen molar-refractivity contribution in [2.45, 2.75) is 6.61 Å². The Balaban J connectivity index is 1.81. The molecule has 0 radical (unpaired) electrons. The molecule has 0 spiro atoms. The van der Waals surface area contributed by atoms with Crippen LogP contribution in [0.1, 0.15) is 5.56 Å². The molecule has 6 nitrogen and oxygen atoms in total. The number of pyridine rings is 2. The lowest BCUT2D eigenvalue weighted by Gasteiger charge is -2.09. The number of nitrogens with two attached hydrogens (primary N) is 1. The zero-order chi connectivity index (χ0) is 17.1. The zero-order valence-corrected chi connectivity index (χ0v) is 12.5. The number of ether oxygens (including phenoxy) is 1. The fourth-order valence-electron chi connectivity index (χ4n) is 2.17. The molecule has 122 valence electrons. The number of anilines is 1. The van der Waals surface area contributed by atoms with Crippen LogP contribution in [0.4, 0.5) is 10.2 Å². The number of nitrogens with one attached hydrogen (secondary N) is 1. The van der Waals surface area contributed by atoms with Gasteiger partial charge >= 0.3 is 0 Å². The molecule has 2 heterocycles. The molecule has 0 amide bonds. The molecule has 0 bridgehead atoms. The third kappa shape index (κ3) is 3.35. The summed E-state index contributed by atoms with van der Waals surface area (Å²) >= 11 is 0. The smallest absolute Gasteiger partial charge is 0.273 e. The molecule has 0 unspecified atom stereocenters. The standard InChI is InChI=1S/C17H14FN3O3/c18-12-3-1-11(2-4-12)10-24-13-7-8-21(16(22)9-13)14-5-6-15(19)20-17(14)23/h1-9H,10H2,(H3,19,20,23). The average molecular weight is 327 g/mol. The molecule has 24 heavy (non-hydrogen) atoms. The Kier molecular flexibility index (Phi) is 4.15. The third-order valence-corrected chi connectivity index (χ3v) is 3.38. The number of aromatic nitrogens is 2.